The number of benzene rings is 2. The summed E-state index contributed by atoms with van der Waals surface area (Å²) in [5, 5.41) is 2.52. The minimum atomic E-state index is -1.02. The summed E-state index contributed by atoms with van der Waals surface area (Å²) in [6.07, 6.45) is 0.851. The number of hydrogen-bond donors (Lipinski definition) is 1. The van der Waals surface area contributed by atoms with Crippen LogP contribution in [-0.4, -0.2) is 19.1 Å². The second-order valence-corrected chi connectivity index (χ2v) is 5.03. The molecule has 0 fully saturated rings. The molecule has 0 radical (unpaired) electrons. The molecule has 0 saturated carbocycles. The van der Waals surface area contributed by atoms with Crippen LogP contribution in [-0.2, 0) is 0 Å². The van der Waals surface area contributed by atoms with Crippen LogP contribution in [0, 0.1) is 11.6 Å². The Morgan fingerprint density at radius 1 is 1.00 bits per heavy atom. The number of carbonyl (C=O) groups is 1. The van der Waals surface area contributed by atoms with Crippen LogP contribution in [0.5, 0.6) is 11.5 Å². The van der Waals surface area contributed by atoms with Gasteiger partial charge in [-0.3, -0.25) is 4.79 Å². The summed E-state index contributed by atoms with van der Waals surface area (Å²) < 4.78 is 37.2. The van der Waals surface area contributed by atoms with Gasteiger partial charge in [0, 0.05) is 17.3 Å². The molecule has 0 aliphatic rings. The number of nitrogens with one attached hydrogen (secondary N) is 1. The maximum Gasteiger partial charge on any atom is 0.255 e. The molecule has 0 aliphatic heterocycles. The summed E-state index contributed by atoms with van der Waals surface area (Å²) in [6.45, 7) is 4.79. The first kappa shape index (κ1) is 17.7. The topological polar surface area (TPSA) is 47.6 Å². The monoisotopic (exact) mass is 335 g/mol. The fourth-order valence-electron chi connectivity index (χ4n) is 2.03. The van der Waals surface area contributed by atoms with Crippen molar-refractivity contribution in [2.75, 3.05) is 18.5 Å². The Bertz CT molecular complexity index is 719. The van der Waals surface area contributed by atoms with E-state index in [4.69, 9.17) is 9.47 Å². The van der Waals surface area contributed by atoms with Crippen LogP contribution in [0.4, 0.5) is 14.5 Å². The second kappa shape index (κ2) is 8.29. The van der Waals surface area contributed by atoms with Crippen LogP contribution < -0.4 is 14.8 Å². The molecule has 0 aliphatic carbocycles. The third-order valence-electron chi connectivity index (χ3n) is 3.14. The van der Waals surface area contributed by atoms with Crippen LogP contribution in [0.2, 0.25) is 0 Å². The molecule has 4 nitrogen and oxygen atoms in total. The average molecular weight is 335 g/mol. The molecular formula is C18H19F2NO3. The van der Waals surface area contributed by atoms with E-state index in [0.717, 1.165) is 18.6 Å². The van der Waals surface area contributed by atoms with E-state index >= 15 is 0 Å². The van der Waals surface area contributed by atoms with E-state index < -0.39 is 17.5 Å². The van der Waals surface area contributed by atoms with Gasteiger partial charge in [-0.2, -0.15) is 0 Å². The Hall–Kier alpha value is -2.63. The molecule has 0 aromatic heterocycles. The molecule has 24 heavy (non-hydrogen) atoms. The first-order chi connectivity index (χ1) is 11.5. The largest absolute Gasteiger partial charge is 0.490 e. The van der Waals surface area contributed by atoms with Crippen molar-refractivity contribution < 1.29 is 23.0 Å². The number of amides is 1. The van der Waals surface area contributed by atoms with Crippen molar-refractivity contribution in [3.63, 3.8) is 0 Å². The second-order valence-electron chi connectivity index (χ2n) is 5.03. The van der Waals surface area contributed by atoms with Crippen molar-refractivity contribution >= 4 is 11.6 Å². The lowest BCUT2D eigenvalue weighted by Gasteiger charge is -2.13. The van der Waals surface area contributed by atoms with Gasteiger partial charge in [0.25, 0.3) is 5.91 Å². The first-order valence-corrected chi connectivity index (χ1v) is 7.71. The third kappa shape index (κ3) is 4.44. The Kier molecular flexibility index (Phi) is 6.12. The number of carbonyl (C=O) groups excluding carboxylic acids is 1. The van der Waals surface area contributed by atoms with Gasteiger partial charge in [-0.25, -0.2) is 8.78 Å². The van der Waals surface area contributed by atoms with Gasteiger partial charge >= 0.3 is 0 Å². The van der Waals surface area contributed by atoms with E-state index in [1.54, 1.807) is 18.2 Å². The van der Waals surface area contributed by atoms with Gasteiger partial charge < -0.3 is 14.8 Å². The molecule has 0 saturated heterocycles. The van der Waals surface area contributed by atoms with E-state index in [9.17, 15) is 13.6 Å². The predicted octanol–water partition coefficient (Wildman–Crippen LogP) is 4.40. The van der Waals surface area contributed by atoms with Gasteiger partial charge in [-0.1, -0.05) is 6.92 Å². The maximum atomic E-state index is 13.2. The third-order valence-corrected chi connectivity index (χ3v) is 3.14. The van der Waals surface area contributed by atoms with Gasteiger partial charge in [-0.15, -0.1) is 0 Å². The van der Waals surface area contributed by atoms with Crippen molar-refractivity contribution in [3.05, 3.63) is 53.6 Å². The van der Waals surface area contributed by atoms with Gasteiger partial charge in [0.05, 0.1) is 13.2 Å². The zero-order valence-corrected chi connectivity index (χ0v) is 13.6. The SMILES string of the molecule is CCCOc1ccc(C(=O)Nc2ccc(F)c(F)c2)cc1OCC. The Balaban J connectivity index is 2.18. The molecule has 0 unspecified atom stereocenters. The van der Waals surface area contributed by atoms with Crippen molar-refractivity contribution in [2.45, 2.75) is 20.3 Å². The number of halogens is 2. The Labute approximate surface area is 139 Å². The zero-order chi connectivity index (χ0) is 17.5. The molecule has 2 aromatic carbocycles. The molecule has 2 rings (SSSR count). The number of ether oxygens (including phenoxy) is 2. The smallest absolute Gasteiger partial charge is 0.255 e. The van der Waals surface area contributed by atoms with E-state index in [2.05, 4.69) is 5.32 Å². The van der Waals surface area contributed by atoms with Crippen LogP contribution in [0.1, 0.15) is 30.6 Å². The fraction of sp³-hybridized carbons (Fsp3) is 0.278. The predicted molar refractivity (Wildman–Crippen MR) is 87.7 cm³/mol. The molecule has 0 spiro atoms. The van der Waals surface area contributed by atoms with Gasteiger partial charge in [0.1, 0.15) is 0 Å². The summed E-state index contributed by atoms with van der Waals surface area (Å²) in [5.41, 5.74) is 0.496. The first-order valence-electron chi connectivity index (χ1n) is 7.71. The van der Waals surface area contributed by atoms with Gasteiger partial charge in [0.15, 0.2) is 23.1 Å². The van der Waals surface area contributed by atoms with E-state index in [-0.39, 0.29) is 5.69 Å². The van der Waals surface area contributed by atoms with Crippen molar-refractivity contribution in [1.82, 2.24) is 0 Å². The Morgan fingerprint density at radius 2 is 1.79 bits per heavy atom. The van der Waals surface area contributed by atoms with Crippen LogP contribution >= 0.6 is 0 Å². The highest BCUT2D eigenvalue weighted by Gasteiger charge is 2.13. The van der Waals surface area contributed by atoms with Gasteiger partial charge in [-0.05, 0) is 43.7 Å². The summed E-state index contributed by atoms with van der Waals surface area (Å²) >= 11 is 0. The normalized spacial score (nSPS) is 10.3. The molecule has 2 aromatic rings. The van der Waals surface area contributed by atoms with E-state index in [1.807, 2.05) is 13.8 Å². The van der Waals surface area contributed by atoms with Crippen LogP contribution in [0.15, 0.2) is 36.4 Å². The molecule has 0 bridgehead atoms. The van der Waals surface area contributed by atoms with E-state index in [1.165, 1.54) is 6.07 Å². The van der Waals surface area contributed by atoms with Crippen molar-refractivity contribution in [1.29, 1.82) is 0 Å². The molecule has 0 atom stereocenters. The standard InChI is InChI=1S/C18H19F2NO3/c1-3-9-24-16-8-5-12(10-17(16)23-4-2)18(22)21-13-6-7-14(19)15(20)11-13/h5-8,10-11H,3-4,9H2,1-2H3,(H,21,22). The summed E-state index contributed by atoms with van der Waals surface area (Å²) in [7, 11) is 0. The van der Waals surface area contributed by atoms with Crippen molar-refractivity contribution in [2.24, 2.45) is 0 Å². The highest BCUT2D eigenvalue weighted by atomic mass is 19.2. The Morgan fingerprint density at radius 3 is 2.46 bits per heavy atom. The van der Waals surface area contributed by atoms with Gasteiger partial charge in [0.2, 0.25) is 0 Å². The van der Waals surface area contributed by atoms with Crippen LogP contribution in [0.25, 0.3) is 0 Å². The molecule has 0 heterocycles. The molecule has 1 N–H and O–H groups in total. The molecular weight excluding hydrogens is 316 g/mol. The minimum absolute atomic E-state index is 0.170. The minimum Gasteiger partial charge on any atom is -0.490 e. The summed E-state index contributed by atoms with van der Waals surface area (Å²) in [4.78, 5) is 12.3. The number of anilines is 1. The van der Waals surface area contributed by atoms with Crippen molar-refractivity contribution in [3.8, 4) is 11.5 Å². The lowest BCUT2D eigenvalue weighted by molar-refractivity contribution is 0.102. The molecule has 6 heteroatoms. The lowest BCUT2D eigenvalue weighted by Crippen LogP contribution is -2.12. The summed E-state index contributed by atoms with van der Waals surface area (Å²) in [6, 6.07) is 7.97. The molecule has 1 amide bonds. The zero-order valence-electron chi connectivity index (χ0n) is 13.6. The number of rotatable bonds is 7. The fourth-order valence-corrected chi connectivity index (χ4v) is 2.03. The van der Waals surface area contributed by atoms with Crippen LogP contribution in [0.3, 0.4) is 0 Å². The number of hydrogen-bond acceptors (Lipinski definition) is 3. The molecule has 128 valence electrons. The highest BCUT2D eigenvalue weighted by molar-refractivity contribution is 6.04. The lowest BCUT2D eigenvalue weighted by atomic mass is 10.1. The highest BCUT2D eigenvalue weighted by Crippen LogP contribution is 2.29. The maximum absolute atomic E-state index is 13.2. The average Bonchev–Trinajstić information content (AvgIpc) is 2.57. The quantitative estimate of drug-likeness (QED) is 0.815. The van der Waals surface area contributed by atoms with E-state index in [0.29, 0.717) is 30.3 Å². The summed E-state index contributed by atoms with van der Waals surface area (Å²) in [5.74, 6) is -1.42.